The number of carbonyl (C=O) groups is 1. The summed E-state index contributed by atoms with van der Waals surface area (Å²) in [5, 5.41) is 9.85. The van der Waals surface area contributed by atoms with Crippen LogP contribution in [0.5, 0.6) is 0 Å². The van der Waals surface area contributed by atoms with Crippen LogP contribution in [0.2, 0.25) is 0 Å². The lowest BCUT2D eigenvalue weighted by Crippen LogP contribution is -2.19. The van der Waals surface area contributed by atoms with Crippen LogP contribution in [0, 0.1) is 6.92 Å². The third-order valence-electron chi connectivity index (χ3n) is 3.38. The molecule has 4 heteroatoms. The SMILES string of the molecule is Cc1[nH]c2ccccc2c1N(C)CCCCC(=O)O. The quantitative estimate of drug-likeness (QED) is 0.784. The fourth-order valence-electron chi connectivity index (χ4n) is 2.49. The van der Waals surface area contributed by atoms with Gasteiger partial charge in [-0.1, -0.05) is 18.2 Å². The highest BCUT2D eigenvalue weighted by Crippen LogP contribution is 2.29. The van der Waals surface area contributed by atoms with Gasteiger partial charge >= 0.3 is 5.97 Å². The van der Waals surface area contributed by atoms with E-state index < -0.39 is 5.97 Å². The normalized spacial score (nSPS) is 10.8. The van der Waals surface area contributed by atoms with Crippen molar-refractivity contribution in [2.75, 3.05) is 18.5 Å². The summed E-state index contributed by atoms with van der Waals surface area (Å²) >= 11 is 0. The Balaban J connectivity index is 2.06. The third kappa shape index (κ3) is 3.08. The van der Waals surface area contributed by atoms with Crippen molar-refractivity contribution >= 4 is 22.6 Å². The van der Waals surface area contributed by atoms with E-state index in [1.165, 1.54) is 11.1 Å². The molecule has 0 aliphatic rings. The number of rotatable bonds is 6. The van der Waals surface area contributed by atoms with Crippen LogP contribution in [-0.2, 0) is 4.79 Å². The molecule has 1 aromatic carbocycles. The van der Waals surface area contributed by atoms with Gasteiger partial charge in [-0.05, 0) is 25.8 Å². The number of H-pyrrole nitrogens is 1. The maximum absolute atomic E-state index is 10.5. The molecule has 2 rings (SSSR count). The zero-order valence-corrected chi connectivity index (χ0v) is 11.4. The number of hydrogen-bond donors (Lipinski definition) is 2. The first-order valence-corrected chi connectivity index (χ1v) is 6.60. The van der Waals surface area contributed by atoms with E-state index >= 15 is 0 Å². The molecule has 4 nitrogen and oxygen atoms in total. The number of hydrogen-bond acceptors (Lipinski definition) is 2. The summed E-state index contributed by atoms with van der Waals surface area (Å²) in [4.78, 5) is 16.1. The standard InChI is InChI=1S/C15H20N2O2/c1-11-15(12-7-3-4-8-13(12)16-11)17(2)10-6-5-9-14(18)19/h3-4,7-8,16H,5-6,9-10H2,1-2H3,(H,18,19). The van der Waals surface area contributed by atoms with Gasteiger partial charge in [-0.25, -0.2) is 0 Å². The molecule has 102 valence electrons. The number of benzene rings is 1. The second-order valence-electron chi connectivity index (χ2n) is 4.92. The Morgan fingerprint density at radius 1 is 1.32 bits per heavy atom. The average molecular weight is 260 g/mol. The first-order chi connectivity index (χ1) is 9.09. The zero-order valence-electron chi connectivity index (χ0n) is 11.4. The maximum Gasteiger partial charge on any atom is 0.303 e. The minimum atomic E-state index is -0.717. The molecule has 1 aromatic heterocycles. The first-order valence-electron chi connectivity index (χ1n) is 6.60. The van der Waals surface area contributed by atoms with Crippen LogP contribution < -0.4 is 4.90 Å². The van der Waals surface area contributed by atoms with E-state index in [0.29, 0.717) is 0 Å². The monoisotopic (exact) mass is 260 g/mol. The van der Waals surface area contributed by atoms with Crippen LogP contribution in [0.4, 0.5) is 5.69 Å². The Labute approximate surface area is 113 Å². The summed E-state index contributed by atoms with van der Waals surface area (Å²) in [5.41, 5.74) is 3.51. The first kappa shape index (κ1) is 13.5. The van der Waals surface area contributed by atoms with Crippen molar-refractivity contribution in [1.82, 2.24) is 4.98 Å². The summed E-state index contributed by atoms with van der Waals surface area (Å²) in [6.45, 7) is 2.94. The summed E-state index contributed by atoms with van der Waals surface area (Å²) < 4.78 is 0. The molecule has 0 saturated carbocycles. The molecule has 0 radical (unpaired) electrons. The molecule has 0 spiro atoms. The minimum absolute atomic E-state index is 0.251. The van der Waals surface area contributed by atoms with Gasteiger partial charge in [0, 0.05) is 36.6 Å². The van der Waals surface area contributed by atoms with Gasteiger partial charge in [0.05, 0.1) is 5.69 Å². The highest BCUT2D eigenvalue weighted by molar-refractivity contribution is 5.94. The Kier molecular flexibility index (Phi) is 4.10. The molecular weight excluding hydrogens is 240 g/mol. The minimum Gasteiger partial charge on any atom is -0.481 e. The van der Waals surface area contributed by atoms with Crippen molar-refractivity contribution in [3.05, 3.63) is 30.0 Å². The Bertz CT molecular complexity index is 575. The predicted octanol–water partition coefficient (Wildman–Crippen LogP) is 3.17. The molecule has 0 fully saturated rings. The van der Waals surface area contributed by atoms with Gasteiger partial charge in [0.1, 0.15) is 0 Å². The maximum atomic E-state index is 10.5. The Morgan fingerprint density at radius 2 is 2.05 bits per heavy atom. The topological polar surface area (TPSA) is 56.3 Å². The zero-order chi connectivity index (χ0) is 13.8. The second kappa shape index (κ2) is 5.78. The third-order valence-corrected chi connectivity index (χ3v) is 3.38. The van der Waals surface area contributed by atoms with Crippen molar-refractivity contribution < 1.29 is 9.90 Å². The fourth-order valence-corrected chi connectivity index (χ4v) is 2.49. The number of fused-ring (bicyclic) bond motifs is 1. The van der Waals surface area contributed by atoms with Gasteiger partial charge in [-0.2, -0.15) is 0 Å². The molecule has 0 bridgehead atoms. The molecule has 0 aliphatic carbocycles. The van der Waals surface area contributed by atoms with Gasteiger partial charge in [0.2, 0.25) is 0 Å². The number of nitrogens with one attached hydrogen (secondary N) is 1. The molecular formula is C15H20N2O2. The smallest absolute Gasteiger partial charge is 0.303 e. The Hall–Kier alpha value is -1.97. The number of anilines is 1. The number of nitrogens with zero attached hydrogens (tertiary/aromatic N) is 1. The van der Waals surface area contributed by atoms with Crippen LogP contribution in [0.15, 0.2) is 24.3 Å². The van der Waals surface area contributed by atoms with E-state index in [2.05, 4.69) is 36.0 Å². The lowest BCUT2D eigenvalue weighted by atomic mass is 10.2. The van der Waals surface area contributed by atoms with Crippen molar-refractivity contribution in [2.24, 2.45) is 0 Å². The molecule has 2 N–H and O–H groups in total. The van der Waals surface area contributed by atoms with E-state index in [-0.39, 0.29) is 6.42 Å². The molecule has 0 amide bonds. The molecule has 0 atom stereocenters. The van der Waals surface area contributed by atoms with Crippen LogP contribution in [0.3, 0.4) is 0 Å². The van der Waals surface area contributed by atoms with Gasteiger partial charge < -0.3 is 15.0 Å². The highest BCUT2D eigenvalue weighted by Gasteiger charge is 2.11. The van der Waals surface area contributed by atoms with Crippen LogP contribution in [0.1, 0.15) is 25.0 Å². The van der Waals surface area contributed by atoms with E-state index in [0.717, 1.165) is 30.6 Å². The molecule has 2 aromatic rings. The van der Waals surface area contributed by atoms with Crippen molar-refractivity contribution in [2.45, 2.75) is 26.2 Å². The largest absolute Gasteiger partial charge is 0.481 e. The molecule has 0 unspecified atom stereocenters. The number of aromatic amines is 1. The van der Waals surface area contributed by atoms with Crippen molar-refractivity contribution in [1.29, 1.82) is 0 Å². The number of carboxylic acid groups (broad SMARTS) is 1. The van der Waals surface area contributed by atoms with Crippen molar-refractivity contribution in [3.63, 3.8) is 0 Å². The Morgan fingerprint density at radius 3 is 2.79 bits per heavy atom. The van der Waals surface area contributed by atoms with Crippen molar-refractivity contribution in [3.8, 4) is 0 Å². The average Bonchev–Trinajstić information content (AvgIpc) is 2.70. The van der Waals surface area contributed by atoms with Gasteiger partial charge in [-0.15, -0.1) is 0 Å². The van der Waals surface area contributed by atoms with E-state index in [9.17, 15) is 4.79 Å². The summed E-state index contributed by atoms with van der Waals surface area (Å²) in [5.74, 6) is -0.717. The second-order valence-corrected chi connectivity index (χ2v) is 4.92. The lowest BCUT2D eigenvalue weighted by Gasteiger charge is -2.19. The summed E-state index contributed by atoms with van der Waals surface area (Å²) in [6.07, 6.45) is 1.86. The van der Waals surface area contributed by atoms with Crippen LogP contribution >= 0.6 is 0 Å². The van der Waals surface area contributed by atoms with E-state index in [1.807, 2.05) is 12.1 Å². The number of aryl methyl sites for hydroxylation is 1. The number of aromatic nitrogens is 1. The number of carboxylic acids is 1. The van der Waals surface area contributed by atoms with Crippen LogP contribution in [0.25, 0.3) is 10.9 Å². The molecule has 0 saturated heterocycles. The van der Waals surface area contributed by atoms with E-state index in [4.69, 9.17) is 5.11 Å². The predicted molar refractivity (Wildman–Crippen MR) is 77.8 cm³/mol. The molecule has 0 aliphatic heterocycles. The van der Waals surface area contributed by atoms with Gasteiger partial charge in [0.25, 0.3) is 0 Å². The fraction of sp³-hybridized carbons (Fsp3) is 0.400. The highest BCUT2D eigenvalue weighted by atomic mass is 16.4. The summed E-state index contributed by atoms with van der Waals surface area (Å²) in [6, 6.07) is 8.25. The van der Waals surface area contributed by atoms with Gasteiger partial charge in [-0.3, -0.25) is 4.79 Å². The van der Waals surface area contributed by atoms with Gasteiger partial charge in [0.15, 0.2) is 0 Å². The molecule has 1 heterocycles. The van der Waals surface area contributed by atoms with E-state index in [1.54, 1.807) is 0 Å². The summed E-state index contributed by atoms with van der Waals surface area (Å²) in [7, 11) is 2.06. The number of unbranched alkanes of at least 4 members (excludes halogenated alkanes) is 1. The van der Waals surface area contributed by atoms with Crippen LogP contribution in [-0.4, -0.2) is 29.7 Å². The lowest BCUT2D eigenvalue weighted by molar-refractivity contribution is -0.137. The number of para-hydroxylation sites is 1. The molecule has 19 heavy (non-hydrogen) atoms. The number of aliphatic carboxylic acids is 1.